The van der Waals surface area contributed by atoms with E-state index < -0.39 is 10.0 Å². The van der Waals surface area contributed by atoms with Crippen molar-refractivity contribution in [1.82, 2.24) is 9.21 Å². The van der Waals surface area contributed by atoms with E-state index >= 15 is 0 Å². The minimum atomic E-state index is -3.41. The van der Waals surface area contributed by atoms with E-state index in [4.69, 9.17) is 0 Å². The van der Waals surface area contributed by atoms with E-state index in [1.165, 1.54) is 4.31 Å². The number of hydrogen-bond acceptors (Lipinski definition) is 3. The van der Waals surface area contributed by atoms with Crippen molar-refractivity contribution in [3.63, 3.8) is 0 Å². The minimum absolute atomic E-state index is 0.223. The van der Waals surface area contributed by atoms with Crippen LogP contribution in [0.4, 0.5) is 0 Å². The number of carbonyl (C=O) groups is 1. The fourth-order valence-corrected chi connectivity index (χ4v) is 4.30. The second-order valence-corrected chi connectivity index (χ2v) is 7.30. The number of sulfonamides is 1. The van der Waals surface area contributed by atoms with Crippen LogP contribution in [0.5, 0.6) is 0 Å². The number of hydrogen-bond donors (Lipinski definition) is 0. The number of nitrogens with zero attached hydrogens (tertiary/aromatic N) is 2. The third-order valence-electron chi connectivity index (χ3n) is 4.15. The number of amides is 1. The van der Waals surface area contributed by atoms with Gasteiger partial charge >= 0.3 is 0 Å². The molecular weight excluding hydrogens is 264 g/mol. The van der Waals surface area contributed by atoms with Gasteiger partial charge < -0.3 is 4.90 Å². The highest BCUT2D eigenvalue weighted by Crippen LogP contribution is 2.40. The maximum absolute atomic E-state index is 12.4. The maximum Gasteiger partial charge on any atom is 0.243 e. The Balaban J connectivity index is 1.77. The second-order valence-electron chi connectivity index (χ2n) is 5.36. The van der Waals surface area contributed by atoms with Gasteiger partial charge in [-0.2, -0.15) is 4.31 Å². The highest BCUT2D eigenvalue weighted by molar-refractivity contribution is 7.89. The fraction of sp³-hybridized carbons (Fsp3) is 0.462. The molecule has 1 spiro atoms. The van der Waals surface area contributed by atoms with Crippen molar-refractivity contribution < 1.29 is 13.2 Å². The van der Waals surface area contributed by atoms with Gasteiger partial charge in [-0.25, -0.2) is 8.42 Å². The van der Waals surface area contributed by atoms with Crippen LogP contribution in [0.15, 0.2) is 29.2 Å². The highest BCUT2D eigenvalue weighted by Gasteiger charge is 2.56. The Labute approximate surface area is 112 Å². The summed E-state index contributed by atoms with van der Waals surface area (Å²) in [6.45, 7) is 3.50. The summed E-state index contributed by atoms with van der Waals surface area (Å²) in [5.74, 6) is 0. The standard InChI is InChI=1S/C13H16N2O3S/c1-11-2-4-12(5-3-11)19(17,18)15-8-13(9-15)6-7-14(13)10-16/h2-5,10H,6-9H2,1H3. The molecule has 102 valence electrons. The summed E-state index contributed by atoms with van der Waals surface area (Å²) in [6, 6.07) is 6.86. The predicted molar refractivity (Wildman–Crippen MR) is 70.1 cm³/mol. The number of benzene rings is 1. The van der Waals surface area contributed by atoms with Gasteiger partial charge in [0.05, 0.1) is 10.4 Å². The lowest BCUT2D eigenvalue weighted by atomic mass is 9.80. The lowest BCUT2D eigenvalue weighted by molar-refractivity contribution is -0.144. The summed E-state index contributed by atoms with van der Waals surface area (Å²) >= 11 is 0. The van der Waals surface area contributed by atoms with E-state index in [2.05, 4.69) is 0 Å². The summed E-state index contributed by atoms with van der Waals surface area (Å²) in [7, 11) is -3.41. The SMILES string of the molecule is Cc1ccc(S(=O)(=O)N2CC3(CCN3C=O)C2)cc1. The Bertz CT molecular complexity index is 603. The summed E-state index contributed by atoms with van der Waals surface area (Å²) in [5.41, 5.74) is 0.810. The minimum Gasteiger partial charge on any atom is -0.337 e. The summed E-state index contributed by atoms with van der Waals surface area (Å²) in [6.07, 6.45) is 1.71. The molecule has 2 fully saturated rings. The van der Waals surface area contributed by atoms with E-state index in [0.717, 1.165) is 24.9 Å². The van der Waals surface area contributed by atoms with Crippen LogP contribution in [0.25, 0.3) is 0 Å². The number of carbonyl (C=O) groups excluding carboxylic acids is 1. The monoisotopic (exact) mass is 280 g/mol. The van der Waals surface area contributed by atoms with Crippen LogP contribution in [0.2, 0.25) is 0 Å². The Morgan fingerprint density at radius 2 is 1.84 bits per heavy atom. The van der Waals surface area contributed by atoms with Gasteiger partial charge in [0.25, 0.3) is 0 Å². The van der Waals surface area contributed by atoms with E-state index in [-0.39, 0.29) is 5.54 Å². The molecule has 0 saturated carbocycles. The lowest BCUT2D eigenvalue weighted by Crippen LogP contribution is -2.76. The maximum atomic E-state index is 12.4. The number of likely N-dealkylation sites (tertiary alicyclic amines) is 1. The molecule has 1 aromatic carbocycles. The first kappa shape index (κ1) is 12.6. The van der Waals surface area contributed by atoms with E-state index in [1.807, 2.05) is 6.92 Å². The van der Waals surface area contributed by atoms with Gasteiger partial charge in [0, 0.05) is 19.6 Å². The predicted octanol–water partition coefficient (Wildman–Crippen LogP) is 0.600. The van der Waals surface area contributed by atoms with Crippen molar-refractivity contribution in [2.75, 3.05) is 19.6 Å². The van der Waals surface area contributed by atoms with Gasteiger partial charge in [0.15, 0.2) is 0 Å². The zero-order valence-electron chi connectivity index (χ0n) is 10.7. The molecule has 2 saturated heterocycles. The molecule has 0 bridgehead atoms. The quantitative estimate of drug-likeness (QED) is 0.762. The zero-order chi connectivity index (χ0) is 13.7. The van der Waals surface area contributed by atoms with Gasteiger partial charge in [-0.3, -0.25) is 4.79 Å². The fourth-order valence-electron chi connectivity index (χ4n) is 2.70. The molecular formula is C13H16N2O3S. The molecule has 2 aliphatic rings. The first-order valence-electron chi connectivity index (χ1n) is 6.27. The van der Waals surface area contributed by atoms with Gasteiger partial charge in [0.1, 0.15) is 0 Å². The van der Waals surface area contributed by atoms with Gasteiger partial charge in [-0.15, -0.1) is 0 Å². The molecule has 19 heavy (non-hydrogen) atoms. The molecule has 6 heteroatoms. The van der Waals surface area contributed by atoms with Crippen LogP contribution in [0.1, 0.15) is 12.0 Å². The third-order valence-corrected chi connectivity index (χ3v) is 5.96. The number of aryl methyl sites for hydroxylation is 1. The average Bonchev–Trinajstić information content (AvgIpc) is 2.26. The lowest BCUT2D eigenvalue weighted by Gasteiger charge is -2.60. The first-order chi connectivity index (χ1) is 8.98. The van der Waals surface area contributed by atoms with Crippen LogP contribution < -0.4 is 0 Å². The Hall–Kier alpha value is -1.40. The molecule has 1 aromatic rings. The van der Waals surface area contributed by atoms with Gasteiger partial charge in [-0.1, -0.05) is 17.7 Å². The Morgan fingerprint density at radius 1 is 1.21 bits per heavy atom. The van der Waals surface area contributed by atoms with Gasteiger partial charge in [-0.05, 0) is 25.5 Å². The zero-order valence-corrected chi connectivity index (χ0v) is 11.6. The molecule has 3 rings (SSSR count). The van der Waals surface area contributed by atoms with Crippen molar-refractivity contribution in [3.05, 3.63) is 29.8 Å². The van der Waals surface area contributed by atoms with Crippen LogP contribution >= 0.6 is 0 Å². The number of rotatable bonds is 3. The summed E-state index contributed by atoms with van der Waals surface area (Å²) < 4.78 is 26.2. The van der Waals surface area contributed by atoms with Crippen molar-refractivity contribution in [1.29, 1.82) is 0 Å². The van der Waals surface area contributed by atoms with E-state index in [9.17, 15) is 13.2 Å². The first-order valence-corrected chi connectivity index (χ1v) is 7.71. The molecule has 2 heterocycles. The highest BCUT2D eigenvalue weighted by atomic mass is 32.2. The molecule has 5 nitrogen and oxygen atoms in total. The van der Waals surface area contributed by atoms with E-state index in [0.29, 0.717) is 18.0 Å². The van der Waals surface area contributed by atoms with Gasteiger partial charge in [0.2, 0.25) is 16.4 Å². The molecule has 0 atom stereocenters. The van der Waals surface area contributed by atoms with Crippen LogP contribution in [0.3, 0.4) is 0 Å². The average molecular weight is 280 g/mol. The van der Waals surface area contributed by atoms with Crippen molar-refractivity contribution in [2.45, 2.75) is 23.8 Å². The smallest absolute Gasteiger partial charge is 0.243 e. The largest absolute Gasteiger partial charge is 0.337 e. The van der Waals surface area contributed by atoms with E-state index in [1.54, 1.807) is 29.2 Å². The van der Waals surface area contributed by atoms with Crippen molar-refractivity contribution in [3.8, 4) is 0 Å². The topological polar surface area (TPSA) is 57.7 Å². The molecule has 0 aromatic heterocycles. The second kappa shape index (κ2) is 4.05. The van der Waals surface area contributed by atoms with Crippen molar-refractivity contribution >= 4 is 16.4 Å². The van der Waals surface area contributed by atoms with Crippen LogP contribution in [-0.4, -0.2) is 49.2 Å². The summed E-state index contributed by atoms with van der Waals surface area (Å²) in [4.78, 5) is 12.8. The summed E-state index contributed by atoms with van der Waals surface area (Å²) in [5, 5.41) is 0. The molecule has 2 aliphatic heterocycles. The third kappa shape index (κ3) is 1.78. The molecule has 0 aliphatic carbocycles. The Kier molecular flexibility index (Phi) is 2.69. The van der Waals surface area contributed by atoms with Crippen molar-refractivity contribution in [2.24, 2.45) is 0 Å². The van der Waals surface area contributed by atoms with Crippen LogP contribution in [0, 0.1) is 6.92 Å². The normalized spacial score (nSPS) is 21.8. The Morgan fingerprint density at radius 3 is 2.32 bits per heavy atom. The molecule has 0 N–H and O–H groups in total. The molecule has 1 amide bonds. The van der Waals surface area contributed by atoms with Crippen LogP contribution in [-0.2, 0) is 14.8 Å². The molecule has 0 unspecified atom stereocenters. The molecule has 0 radical (unpaired) electrons.